The minimum absolute atomic E-state index is 0.390. The van der Waals surface area contributed by atoms with Gasteiger partial charge in [-0.05, 0) is 51.0 Å². The highest BCUT2D eigenvalue weighted by atomic mass is 28.4. The van der Waals surface area contributed by atoms with Crippen LogP contribution in [0.5, 0.6) is 0 Å². The van der Waals surface area contributed by atoms with Crippen molar-refractivity contribution in [3.8, 4) is 0 Å². The average molecular weight is 403 g/mol. The predicted octanol–water partition coefficient (Wildman–Crippen LogP) is 5.39. The Bertz CT molecular complexity index is 416. The van der Waals surface area contributed by atoms with Gasteiger partial charge in [0.25, 0.3) is 0 Å². The minimum Gasteiger partial charge on any atom is -0.463 e. The lowest BCUT2D eigenvalue weighted by atomic mass is 9.84. The molecule has 0 saturated heterocycles. The van der Waals surface area contributed by atoms with Crippen molar-refractivity contribution in [2.45, 2.75) is 96.3 Å². The molecule has 1 amide bonds. The van der Waals surface area contributed by atoms with E-state index in [1.165, 1.54) is 49.6 Å². The molecular formula is C19H42N2O3Si2. The van der Waals surface area contributed by atoms with Gasteiger partial charge >= 0.3 is 6.09 Å². The lowest BCUT2D eigenvalue weighted by Gasteiger charge is -2.31. The predicted molar refractivity (Wildman–Crippen MR) is 115 cm³/mol. The van der Waals surface area contributed by atoms with E-state index in [1.54, 1.807) is 0 Å². The minimum atomic E-state index is -1.92. The normalized spacial score (nSPS) is 17.9. The highest BCUT2D eigenvalue weighted by Crippen LogP contribution is 2.28. The standard InChI is InChI=1S/C19H42N2O3Si2/c1-25(2,3)15-13-20-18(16-17-10-8-7-9-11-17)12-14-21(19(22)23)24-26(4,5)6/h17-18,20H,7-16H2,1-6H3,(H,22,23)/t18-/m1/s1. The summed E-state index contributed by atoms with van der Waals surface area (Å²) >= 11 is 0. The topological polar surface area (TPSA) is 61.8 Å². The number of hydroxylamine groups is 2. The maximum atomic E-state index is 11.5. The molecule has 1 rings (SSSR count). The zero-order chi connectivity index (χ0) is 19.8. The second-order valence-electron chi connectivity index (χ2n) is 10.1. The van der Waals surface area contributed by atoms with E-state index in [1.807, 2.05) is 19.6 Å². The summed E-state index contributed by atoms with van der Waals surface area (Å²) in [5.41, 5.74) is 0. The van der Waals surface area contributed by atoms with Crippen LogP contribution < -0.4 is 5.32 Å². The van der Waals surface area contributed by atoms with Gasteiger partial charge in [0.1, 0.15) is 0 Å². The molecule has 0 spiro atoms. The lowest BCUT2D eigenvalue weighted by Crippen LogP contribution is -2.43. The summed E-state index contributed by atoms with van der Waals surface area (Å²) in [6.45, 7) is 14.8. The zero-order valence-corrected chi connectivity index (χ0v) is 19.9. The van der Waals surface area contributed by atoms with Crippen LogP contribution in [0.15, 0.2) is 0 Å². The Kier molecular flexibility index (Phi) is 9.86. The van der Waals surface area contributed by atoms with E-state index in [-0.39, 0.29) is 0 Å². The second-order valence-corrected chi connectivity index (χ2v) is 20.1. The van der Waals surface area contributed by atoms with Crippen molar-refractivity contribution in [3.05, 3.63) is 0 Å². The van der Waals surface area contributed by atoms with Gasteiger partial charge in [0.15, 0.2) is 0 Å². The van der Waals surface area contributed by atoms with Gasteiger partial charge in [0, 0.05) is 14.1 Å². The molecule has 2 N–H and O–H groups in total. The maximum absolute atomic E-state index is 11.5. The van der Waals surface area contributed by atoms with Crippen molar-refractivity contribution in [2.24, 2.45) is 5.92 Å². The van der Waals surface area contributed by atoms with Gasteiger partial charge in [-0.1, -0.05) is 51.7 Å². The van der Waals surface area contributed by atoms with E-state index < -0.39 is 22.5 Å². The zero-order valence-electron chi connectivity index (χ0n) is 17.9. The number of carbonyl (C=O) groups is 1. The van der Waals surface area contributed by atoms with Crippen LogP contribution in [0, 0.1) is 5.92 Å². The number of amides is 1. The summed E-state index contributed by atoms with van der Waals surface area (Å²) in [5.74, 6) is 0.796. The van der Waals surface area contributed by atoms with Crippen LogP contribution in [0.2, 0.25) is 45.3 Å². The molecule has 0 heterocycles. The molecule has 0 radical (unpaired) electrons. The van der Waals surface area contributed by atoms with Gasteiger partial charge in [-0.2, -0.15) is 5.06 Å². The molecule has 1 atom stereocenters. The molecule has 0 aliphatic heterocycles. The Balaban J connectivity index is 2.58. The Morgan fingerprint density at radius 2 is 1.77 bits per heavy atom. The molecule has 0 unspecified atom stereocenters. The summed E-state index contributed by atoms with van der Waals surface area (Å²) in [6, 6.07) is 1.66. The van der Waals surface area contributed by atoms with E-state index in [4.69, 9.17) is 4.53 Å². The fourth-order valence-corrected chi connectivity index (χ4v) is 5.29. The molecule has 0 aromatic heterocycles. The van der Waals surface area contributed by atoms with Crippen molar-refractivity contribution in [2.75, 3.05) is 13.1 Å². The first-order chi connectivity index (χ1) is 12.0. The lowest BCUT2D eigenvalue weighted by molar-refractivity contribution is -0.0465. The number of hydrogen-bond acceptors (Lipinski definition) is 3. The van der Waals surface area contributed by atoms with Gasteiger partial charge in [-0.15, -0.1) is 0 Å². The van der Waals surface area contributed by atoms with Crippen LogP contribution in [-0.2, 0) is 4.53 Å². The number of rotatable bonds is 11. The molecule has 1 aliphatic rings. The van der Waals surface area contributed by atoms with Crippen molar-refractivity contribution >= 4 is 22.5 Å². The van der Waals surface area contributed by atoms with E-state index in [2.05, 4.69) is 25.0 Å². The van der Waals surface area contributed by atoms with E-state index in [0.717, 1.165) is 18.9 Å². The molecule has 1 saturated carbocycles. The third kappa shape index (κ3) is 11.4. The van der Waals surface area contributed by atoms with Crippen LogP contribution in [0.4, 0.5) is 4.79 Å². The molecule has 5 nitrogen and oxygen atoms in total. The van der Waals surface area contributed by atoms with Gasteiger partial charge in [0.2, 0.25) is 8.32 Å². The summed E-state index contributed by atoms with van der Waals surface area (Å²) in [5, 5.41) is 14.4. The SMILES string of the molecule is C[Si](C)(C)CCN[C@H](CCN(O[Si](C)(C)C)C(=O)O)CC1CCCCC1. The number of nitrogens with one attached hydrogen (secondary N) is 1. The van der Waals surface area contributed by atoms with Gasteiger partial charge < -0.3 is 15.0 Å². The molecule has 0 bridgehead atoms. The largest absolute Gasteiger partial charge is 0.463 e. The Hall–Kier alpha value is -0.376. The third-order valence-electron chi connectivity index (χ3n) is 4.93. The summed E-state index contributed by atoms with van der Waals surface area (Å²) < 4.78 is 5.75. The Morgan fingerprint density at radius 1 is 1.15 bits per heavy atom. The number of carboxylic acid groups (broad SMARTS) is 1. The van der Waals surface area contributed by atoms with Crippen LogP contribution in [0.25, 0.3) is 0 Å². The molecule has 0 aromatic carbocycles. The Morgan fingerprint density at radius 3 is 2.27 bits per heavy atom. The van der Waals surface area contributed by atoms with Crippen molar-refractivity contribution in [1.29, 1.82) is 0 Å². The third-order valence-corrected chi connectivity index (χ3v) is 7.45. The fraction of sp³-hybridized carbons (Fsp3) is 0.947. The molecule has 7 heteroatoms. The first-order valence-electron chi connectivity index (χ1n) is 10.4. The molecule has 154 valence electrons. The summed E-state index contributed by atoms with van der Waals surface area (Å²) in [7, 11) is -2.97. The van der Waals surface area contributed by atoms with Crippen molar-refractivity contribution in [3.63, 3.8) is 0 Å². The van der Waals surface area contributed by atoms with Crippen molar-refractivity contribution in [1.82, 2.24) is 10.4 Å². The first-order valence-corrected chi connectivity index (χ1v) is 17.5. The Labute approximate surface area is 163 Å². The highest BCUT2D eigenvalue weighted by Gasteiger charge is 2.26. The molecule has 1 aliphatic carbocycles. The van der Waals surface area contributed by atoms with Crippen LogP contribution >= 0.6 is 0 Å². The highest BCUT2D eigenvalue weighted by molar-refractivity contribution is 6.76. The number of nitrogens with zero attached hydrogens (tertiary/aromatic N) is 1. The summed E-state index contributed by atoms with van der Waals surface area (Å²) in [4.78, 5) is 11.5. The van der Waals surface area contributed by atoms with Crippen LogP contribution in [-0.4, -0.2) is 51.8 Å². The molecule has 1 fully saturated rings. The van der Waals surface area contributed by atoms with E-state index in [0.29, 0.717) is 12.6 Å². The summed E-state index contributed by atoms with van der Waals surface area (Å²) in [6.07, 6.45) is 7.79. The average Bonchev–Trinajstić information content (AvgIpc) is 2.49. The van der Waals surface area contributed by atoms with E-state index >= 15 is 0 Å². The van der Waals surface area contributed by atoms with Gasteiger partial charge in [0.05, 0.1) is 6.54 Å². The smallest absolute Gasteiger partial charge is 0.430 e. The van der Waals surface area contributed by atoms with Crippen LogP contribution in [0.3, 0.4) is 0 Å². The molecule has 26 heavy (non-hydrogen) atoms. The quantitative estimate of drug-likeness (QED) is 0.359. The monoisotopic (exact) mass is 402 g/mol. The van der Waals surface area contributed by atoms with Gasteiger partial charge in [-0.3, -0.25) is 0 Å². The first kappa shape index (κ1) is 23.7. The fourth-order valence-electron chi connectivity index (χ4n) is 3.56. The van der Waals surface area contributed by atoms with Crippen molar-refractivity contribution < 1.29 is 14.4 Å². The second kappa shape index (κ2) is 10.8. The molecular weight excluding hydrogens is 360 g/mol. The molecule has 0 aromatic rings. The van der Waals surface area contributed by atoms with Crippen LogP contribution in [0.1, 0.15) is 44.9 Å². The van der Waals surface area contributed by atoms with Gasteiger partial charge in [-0.25, -0.2) is 4.79 Å². The maximum Gasteiger partial charge on any atom is 0.430 e. The van der Waals surface area contributed by atoms with E-state index in [9.17, 15) is 9.90 Å². The number of hydrogen-bond donors (Lipinski definition) is 2.